The first kappa shape index (κ1) is 20.8. The molecule has 3 heterocycles. The van der Waals surface area contributed by atoms with Gasteiger partial charge in [0.2, 0.25) is 0 Å². The molecule has 0 atom stereocenters. The van der Waals surface area contributed by atoms with E-state index < -0.39 is 9.84 Å². The van der Waals surface area contributed by atoms with Crippen LogP contribution in [0.15, 0.2) is 23.6 Å². The molecule has 0 N–H and O–H groups in total. The molecule has 7 heteroatoms. The van der Waals surface area contributed by atoms with Gasteiger partial charge in [0.05, 0.1) is 11.4 Å². The Labute approximate surface area is 178 Å². The molecule has 5 nitrogen and oxygen atoms in total. The molecule has 158 valence electrons. The second-order valence-corrected chi connectivity index (χ2v) is 12.5. The average molecular weight is 435 g/mol. The number of sulfone groups is 1. The number of hydrogen-bond acceptors (Lipinski definition) is 6. The van der Waals surface area contributed by atoms with Crippen LogP contribution in [-0.2, 0) is 22.0 Å². The zero-order valence-electron chi connectivity index (χ0n) is 17.7. The number of thiazole rings is 1. The third kappa shape index (κ3) is 4.67. The van der Waals surface area contributed by atoms with E-state index in [1.807, 2.05) is 11.4 Å². The summed E-state index contributed by atoms with van der Waals surface area (Å²) in [6.07, 6.45) is 5.46. The lowest BCUT2D eigenvalue weighted by Crippen LogP contribution is -2.54. The molecule has 29 heavy (non-hydrogen) atoms. The Hall–Kier alpha value is -1.44. The minimum atomic E-state index is -3.07. The molecule has 1 aromatic heterocycles. The van der Waals surface area contributed by atoms with Gasteiger partial charge in [-0.05, 0) is 70.2 Å². The SMILES string of the molecule is CC(C)(C)N1CCC2(CCc3cc(-c4nc(CS(C)(=O)=O)cs4)ccc3O2)CC1. The summed E-state index contributed by atoms with van der Waals surface area (Å²) in [6, 6.07) is 6.28. The summed E-state index contributed by atoms with van der Waals surface area (Å²) >= 11 is 1.50. The van der Waals surface area contributed by atoms with Gasteiger partial charge in [-0.1, -0.05) is 0 Å². The van der Waals surface area contributed by atoms with Crippen LogP contribution in [0.3, 0.4) is 0 Å². The van der Waals surface area contributed by atoms with Crippen molar-refractivity contribution in [3.8, 4) is 16.3 Å². The van der Waals surface area contributed by atoms with Crippen LogP contribution in [-0.4, -0.2) is 48.8 Å². The zero-order valence-corrected chi connectivity index (χ0v) is 19.3. The van der Waals surface area contributed by atoms with E-state index in [1.54, 1.807) is 0 Å². The molecule has 0 radical (unpaired) electrons. The molecule has 2 aromatic rings. The van der Waals surface area contributed by atoms with Crippen molar-refractivity contribution in [2.75, 3.05) is 19.3 Å². The topological polar surface area (TPSA) is 59.5 Å². The van der Waals surface area contributed by atoms with Gasteiger partial charge in [0.1, 0.15) is 16.4 Å². The van der Waals surface area contributed by atoms with Gasteiger partial charge in [-0.15, -0.1) is 11.3 Å². The summed E-state index contributed by atoms with van der Waals surface area (Å²) in [7, 11) is -3.07. The normalized spacial score (nSPS) is 19.7. The van der Waals surface area contributed by atoms with E-state index in [9.17, 15) is 8.42 Å². The fourth-order valence-electron chi connectivity index (χ4n) is 4.37. The molecule has 2 aliphatic rings. The molecule has 0 unspecified atom stereocenters. The lowest BCUT2D eigenvalue weighted by molar-refractivity contribution is -0.0355. The van der Waals surface area contributed by atoms with Crippen molar-refractivity contribution in [3.63, 3.8) is 0 Å². The Balaban J connectivity index is 1.48. The number of piperidine rings is 1. The number of rotatable bonds is 3. The van der Waals surface area contributed by atoms with Crippen LogP contribution in [0.25, 0.3) is 10.6 Å². The van der Waals surface area contributed by atoms with Crippen LogP contribution in [0.5, 0.6) is 5.75 Å². The van der Waals surface area contributed by atoms with Crippen molar-refractivity contribution < 1.29 is 13.2 Å². The number of likely N-dealkylation sites (tertiary alicyclic amines) is 1. The van der Waals surface area contributed by atoms with Crippen molar-refractivity contribution in [3.05, 3.63) is 34.8 Å². The second kappa shape index (κ2) is 7.36. The predicted octanol–water partition coefficient (Wildman–Crippen LogP) is 4.31. The first-order chi connectivity index (χ1) is 13.5. The van der Waals surface area contributed by atoms with E-state index in [0.29, 0.717) is 5.69 Å². The molecule has 0 bridgehead atoms. The predicted molar refractivity (Wildman–Crippen MR) is 118 cm³/mol. The number of ether oxygens (including phenoxy) is 1. The van der Waals surface area contributed by atoms with Gasteiger partial charge in [-0.3, -0.25) is 4.90 Å². The first-order valence-electron chi connectivity index (χ1n) is 10.2. The van der Waals surface area contributed by atoms with Gasteiger partial charge in [-0.25, -0.2) is 13.4 Å². The highest BCUT2D eigenvalue weighted by Gasteiger charge is 2.41. The van der Waals surface area contributed by atoms with Crippen LogP contribution in [0, 0.1) is 0 Å². The molecule has 0 aliphatic carbocycles. The number of hydrogen-bond donors (Lipinski definition) is 0. The van der Waals surface area contributed by atoms with Gasteiger partial charge >= 0.3 is 0 Å². The fourth-order valence-corrected chi connectivity index (χ4v) is 5.97. The molecule has 1 fully saturated rings. The van der Waals surface area contributed by atoms with Gasteiger partial charge in [0.15, 0.2) is 9.84 Å². The highest BCUT2D eigenvalue weighted by Crippen LogP contribution is 2.41. The highest BCUT2D eigenvalue weighted by molar-refractivity contribution is 7.89. The van der Waals surface area contributed by atoms with Crippen LogP contribution in [0.1, 0.15) is 51.3 Å². The molecule has 0 saturated carbocycles. The summed E-state index contributed by atoms with van der Waals surface area (Å²) in [6.45, 7) is 9.01. The summed E-state index contributed by atoms with van der Waals surface area (Å²) in [4.78, 5) is 7.07. The third-order valence-corrected chi connectivity index (χ3v) is 7.83. The van der Waals surface area contributed by atoms with E-state index in [0.717, 1.165) is 55.1 Å². The summed E-state index contributed by atoms with van der Waals surface area (Å²) in [5.41, 5.74) is 3.07. The molecule has 4 rings (SSSR count). The van der Waals surface area contributed by atoms with E-state index in [4.69, 9.17) is 4.74 Å². The van der Waals surface area contributed by atoms with E-state index in [2.05, 4.69) is 42.8 Å². The Kier molecular flexibility index (Phi) is 5.28. The first-order valence-corrected chi connectivity index (χ1v) is 13.2. The van der Waals surface area contributed by atoms with Gasteiger partial charge in [0, 0.05) is 35.8 Å². The van der Waals surface area contributed by atoms with E-state index in [-0.39, 0.29) is 16.9 Å². The van der Waals surface area contributed by atoms with Crippen molar-refractivity contribution >= 4 is 21.2 Å². The maximum absolute atomic E-state index is 11.5. The molecular weight excluding hydrogens is 404 g/mol. The van der Waals surface area contributed by atoms with Crippen LogP contribution in [0.2, 0.25) is 0 Å². The number of fused-ring (bicyclic) bond motifs is 1. The monoisotopic (exact) mass is 434 g/mol. The highest BCUT2D eigenvalue weighted by atomic mass is 32.2. The lowest BCUT2D eigenvalue weighted by atomic mass is 9.82. The Morgan fingerprint density at radius 2 is 1.93 bits per heavy atom. The van der Waals surface area contributed by atoms with E-state index >= 15 is 0 Å². The Morgan fingerprint density at radius 3 is 2.59 bits per heavy atom. The molecular formula is C22H30N2O3S2. The minimum absolute atomic E-state index is 0.00828. The van der Waals surface area contributed by atoms with Crippen LogP contribution < -0.4 is 4.74 Å². The summed E-state index contributed by atoms with van der Waals surface area (Å²) in [5, 5.41) is 2.70. The summed E-state index contributed by atoms with van der Waals surface area (Å²) < 4.78 is 29.6. The number of aromatic nitrogens is 1. The molecule has 1 aromatic carbocycles. The number of nitrogens with zero attached hydrogens (tertiary/aromatic N) is 2. The maximum Gasteiger partial charge on any atom is 0.153 e. The second-order valence-electron chi connectivity index (χ2n) is 9.48. The minimum Gasteiger partial charge on any atom is -0.487 e. The molecule has 1 spiro atoms. The lowest BCUT2D eigenvalue weighted by Gasteiger charge is -2.48. The molecule has 0 amide bonds. The van der Waals surface area contributed by atoms with E-state index in [1.165, 1.54) is 23.2 Å². The maximum atomic E-state index is 11.5. The van der Waals surface area contributed by atoms with Gasteiger partial charge in [-0.2, -0.15) is 0 Å². The smallest absolute Gasteiger partial charge is 0.153 e. The van der Waals surface area contributed by atoms with Gasteiger partial charge < -0.3 is 4.74 Å². The molecule has 2 aliphatic heterocycles. The Morgan fingerprint density at radius 1 is 1.21 bits per heavy atom. The van der Waals surface area contributed by atoms with Crippen molar-refractivity contribution in [2.24, 2.45) is 0 Å². The fraction of sp³-hybridized carbons (Fsp3) is 0.591. The Bertz CT molecular complexity index is 997. The largest absolute Gasteiger partial charge is 0.487 e. The van der Waals surface area contributed by atoms with Crippen LogP contribution in [0.4, 0.5) is 0 Å². The van der Waals surface area contributed by atoms with Crippen molar-refractivity contribution in [2.45, 2.75) is 63.3 Å². The van der Waals surface area contributed by atoms with Crippen molar-refractivity contribution in [1.82, 2.24) is 9.88 Å². The van der Waals surface area contributed by atoms with Crippen LogP contribution >= 0.6 is 11.3 Å². The zero-order chi connectivity index (χ0) is 20.9. The standard InChI is InChI=1S/C22H30N2O3S2/c1-21(2,3)24-11-9-22(10-12-24)8-7-16-13-17(5-6-19(16)27-22)20-23-18(14-28-20)15-29(4,25)26/h5-6,13-14H,7-12,15H2,1-4H3. The van der Waals surface area contributed by atoms with Gasteiger partial charge in [0.25, 0.3) is 0 Å². The number of aryl methyl sites for hydroxylation is 1. The summed E-state index contributed by atoms with van der Waals surface area (Å²) in [5.74, 6) is 0.989. The third-order valence-electron chi connectivity index (χ3n) is 6.07. The molecule has 1 saturated heterocycles. The average Bonchev–Trinajstić information content (AvgIpc) is 3.07. The van der Waals surface area contributed by atoms with Crippen molar-refractivity contribution in [1.29, 1.82) is 0 Å². The number of benzene rings is 1. The quantitative estimate of drug-likeness (QED) is 0.720.